The van der Waals surface area contributed by atoms with E-state index in [0.29, 0.717) is 25.0 Å². The molecule has 1 aromatic rings. The Morgan fingerprint density at radius 1 is 1.23 bits per heavy atom. The summed E-state index contributed by atoms with van der Waals surface area (Å²) in [4.78, 5) is 11.3. The van der Waals surface area contributed by atoms with Crippen molar-refractivity contribution >= 4 is 5.97 Å². The summed E-state index contributed by atoms with van der Waals surface area (Å²) in [6.45, 7) is 7.39. The zero-order valence-corrected chi connectivity index (χ0v) is 13.9. The molecule has 0 saturated carbocycles. The number of ether oxygens (including phenoxy) is 1. The SMILES string of the molecule is CCOC(=O)CCCCC(NCc1ccc(F)cc1)C(C)C. The van der Waals surface area contributed by atoms with Gasteiger partial charge in [0.1, 0.15) is 5.82 Å². The van der Waals surface area contributed by atoms with Gasteiger partial charge in [-0.3, -0.25) is 4.79 Å². The van der Waals surface area contributed by atoms with E-state index in [2.05, 4.69) is 19.2 Å². The maximum Gasteiger partial charge on any atom is 0.305 e. The lowest BCUT2D eigenvalue weighted by Gasteiger charge is -2.22. The average Bonchev–Trinajstić information content (AvgIpc) is 2.48. The smallest absolute Gasteiger partial charge is 0.305 e. The molecule has 0 saturated heterocycles. The third kappa shape index (κ3) is 7.55. The molecule has 1 unspecified atom stereocenters. The van der Waals surface area contributed by atoms with Crippen LogP contribution in [0.1, 0.15) is 52.0 Å². The number of hydrogen-bond acceptors (Lipinski definition) is 3. The van der Waals surface area contributed by atoms with Crippen molar-refractivity contribution in [2.75, 3.05) is 6.61 Å². The third-order valence-electron chi connectivity index (χ3n) is 3.74. The van der Waals surface area contributed by atoms with E-state index in [0.717, 1.165) is 31.4 Å². The largest absolute Gasteiger partial charge is 0.466 e. The summed E-state index contributed by atoms with van der Waals surface area (Å²) in [5.41, 5.74) is 1.08. The highest BCUT2D eigenvalue weighted by molar-refractivity contribution is 5.69. The van der Waals surface area contributed by atoms with Crippen LogP contribution in [0.2, 0.25) is 0 Å². The molecular weight excluding hydrogens is 281 g/mol. The molecule has 0 amide bonds. The molecule has 0 aliphatic carbocycles. The Morgan fingerprint density at radius 2 is 1.91 bits per heavy atom. The van der Waals surface area contributed by atoms with Gasteiger partial charge in [-0.15, -0.1) is 0 Å². The molecule has 0 aliphatic rings. The van der Waals surface area contributed by atoms with Crippen LogP contribution < -0.4 is 5.32 Å². The van der Waals surface area contributed by atoms with Gasteiger partial charge in [-0.2, -0.15) is 0 Å². The summed E-state index contributed by atoms with van der Waals surface area (Å²) in [5, 5.41) is 3.53. The van der Waals surface area contributed by atoms with Crippen molar-refractivity contribution in [2.45, 2.75) is 59.0 Å². The number of carbonyl (C=O) groups excluding carboxylic acids is 1. The third-order valence-corrected chi connectivity index (χ3v) is 3.74. The molecular formula is C18H28FNO2. The zero-order valence-electron chi connectivity index (χ0n) is 13.9. The van der Waals surface area contributed by atoms with E-state index in [1.807, 2.05) is 6.92 Å². The van der Waals surface area contributed by atoms with E-state index in [-0.39, 0.29) is 11.8 Å². The Labute approximate surface area is 133 Å². The summed E-state index contributed by atoms with van der Waals surface area (Å²) in [6, 6.07) is 6.98. The summed E-state index contributed by atoms with van der Waals surface area (Å²) >= 11 is 0. The molecule has 1 aromatic carbocycles. The van der Waals surface area contributed by atoms with Gasteiger partial charge in [0.2, 0.25) is 0 Å². The average molecular weight is 309 g/mol. The fraction of sp³-hybridized carbons (Fsp3) is 0.611. The highest BCUT2D eigenvalue weighted by Gasteiger charge is 2.13. The number of carbonyl (C=O) groups is 1. The fourth-order valence-corrected chi connectivity index (χ4v) is 2.39. The van der Waals surface area contributed by atoms with E-state index < -0.39 is 0 Å². The minimum absolute atomic E-state index is 0.108. The summed E-state index contributed by atoms with van der Waals surface area (Å²) in [7, 11) is 0. The molecule has 124 valence electrons. The Balaban J connectivity index is 2.30. The quantitative estimate of drug-likeness (QED) is 0.523. The molecule has 0 radical (unpaired) electrons. The minimum Gasteiger partial charge on any atom is -0.466 e. The van der Waals surface area contributed by atoms with Gasteiger partial charge in [0, 0.05) is 19.0 Å². The number of benzene rings is 1. The second kappa shape index (κ2) is 10.3. The molecule has 3 nitrogen and oxygen atoms in total. The van der Waals surface area contributed by atoms with Gasteiger partial charge in [0.05, 0.1) is 6.61 Å². The lowest BCUT2D eigenvalue weighted by atomic mass is 9.97. The second-order valence-electron chi connectivity index (χ2n) is 5.91. The zero-order chi connectivity index (χ0) is 16.4. The van der Waals surface area contributed by atoms with E-state index in [4.69, 9.17) is 4.74 Å². The van der Waals surface area contributed by atoms with Crippen molar-refractivity contribution < 1.29 is 13.9 Å². The monoisotopic (exact) mass is 309 g/mol. The van der Waals surface area contributed by atoms with Gasteiger partial charge in [-0.05, 0) is 43.4 Å². The molecule has 1 N–H and O–H groups in total. The van der Waals surface area contributed by atoms with Gasteiger partial charge in [-0.1, -0.05) is 32.4 Å². The van der Waals surface area contributed by atoms with Crippen LogP contribution in [0.25, 0.3) is 0 Å². The van der Waals surface area contributed by atoms with Crippen molar-refractivity contribution in [1.82, 2.24) is 5.32 Å². The lowest BCUT2D eigenvalue weighted by Crippen LogP contribution is -2.33. The molecule has 22 heavy (non-hydrogen) atoms. The predicted octanol–water partition coefficient (Wildman–Crippen LogP) is 4.06. The highest BCUT2D eigenvalue weighted by atomic mass is 19.1. The number of halogens is 1. The Kier molecular flexibility index (Phi) is 8.75. The predicted molar refractivity (Wildman–Crippen MR) is 87.0 cm³/mol. The van der Waals surface area contributed by atoms with Gasteiger partial charge < -0.3 is 10.1 Å². The van der Waals surface area contributed by atoms with Crippen LogP contribution in [-0.2, 0) is 16.1 Å². The maximum absolute atomic E-state index is 12.9. The van der Waals surface area contributed by atoms with E-state index in [9.17, 15) is 9.18 Å². The molecule has 0 aliphatic heterocycles. The van der Waals surface area contributed by atoms with Gasteiger partial charge in [-0.25, -0.2) is 4.39 Å². The molecule has 0 heterocycles. The van der Waals surface area contributed by atoms with E-state index in [1.54, 1.807) is 12.1 Å². The van der Waals surface area contributed by atoms with Crippen molar-refractivity contribution in [2.24, 2.45) is 5.92 Å². The maximum atomic E-state index is 12.9. The molecule has 1 rings (SSSR count). The normalized spacial score (nSPS) is 12.4. The molecule has 4 heteroatoms. The second-order valence-corrected chi connectivity index (χ2v) is 5.91. The standard InChI is InChI=1S/C18H28FNO2/c1-4-22-18(21)8-6-5-7-17(14(2)3)20-13-15-9-11-16(19)12-10-15/h9-12,14,17,20H,4-8,13H2,1-3H3. The first-order valence-electron chi connectivity index (χ1n) is 8.16. The van der Waals surface area contributed by atoms with Crippen LogP contribution in [-0.4, -0.2) is 18.6 Å². The van der Waals surface area contributed by atoms with Gasteiger partial charge >= 0.3 is 5.97 Å². The van der Waals surface area contributed by atoms with Crippen molar-refractivity contribution in [3.8, 4) is 0 Å². The van der Waals surface area contributed by atoms with Crippen LogP contribution in [0, 0.1) is 11.7 Å². The van der Waals surface area contributed by atoms with Gasteiger partial charge in [0.25, 0.3) is 0 Å². The number of esters is 1. The van der Waals surface area contributed by atoms with E-state index in [1.165, 1.54) is 12.1 Å². The first-order chi connectivity index (χ1) is 10.5. The topological polar surface area (TPSA) is 38.3 Å². The molecule has 0 bridgehead atoms. The summed E-state index contributed by atoms with van der Waals surface area (Å²) < 4.78 is 17.8. The number of hydrogen-bond donors (Lipinski definition) is 1. The molecule has 0 aromatic heterocycles. The van der Waals surface area contributed by atoms with E-state index >= 15 is 0 Å². The highest BCUT2D eigenvalue weighted by Crippen LogP contribution is 2.13. The number of unbranched alkanes of at least 4 members (excludes halogenated alkanes) is 1. The van der Waals surface area contributed by atoms with Gasteiger partial charge in [0.15, 0.2) is 0 Å². The number of rotatable bonds is 10. The molecule has 0 fully saturated rings. The van der Waals surface area contributed by atoms with Crippen molar-refractivity contribution in [1.29, 1.82) is 0 Å². The lowest BCUT2D eigenvalue weighted by molar-refractivity contribution is -0.143. The van der Waals surface area contributed by atoms with Crippen LogP contribution in [0.5, 0.6) is 0 Å². The Hall–Kier alpha value is -1.42. The first kappa shape index (κ1) is 18.6. The Bertz CT molecular complexity index is 431. The van der Waals surface area contributed by atoms with Crippen LogP contribution >= 0.6 is 0 Å². The molecule has 1 atom stereocenters. The summed E-state index contributed by atoms with van der Waals surface area (Å²) in [5.74, 6) is 0.203. The minimum atomic E-state index is -0.205. The van der Waals surface area contributed by atoms with Crippen LogP contribution in [0.15, 0.2) is 24.3 Å². The van der Waals surface area contributed by atoms with Crippen molar-refractivity contribution in [3.63, 3.8) is 0 Å². The van der Waals surface area contributed by atoms with Crippen molar-refractivity contribution in [3.05, 3.63) is 35.6 Å². The van der Waals surface area contributed by atoms with Crippen LogP contribution in [0.3, 0.4) is 0 Å². The summed E-state index contributed by atoms with van der Waals surface area (Å²) in [6.07, 6.45) is 3.38. The molecule has 0 spiro atoms. The number of nitrogens with one attached hydrogen (secondary N) is 1. The first-order valence-corrected chi connectivity index (χ1v) is 8.16. The Morgan fingerprint density at radius 3 is 2.50 bits per heavy atom. The van der Waals surface area contributed by atoms with Crippen LogP contribution in [0.4, 0.5) is 4.39 Å². The fourth-order valence-electron chi connectivity index (χ4n) is 2.39.